The third-order valence-corrected chi connectivity index (χ3v) is 4.17. The van der Waals surface area contributed by atoms with Crippen molar-refractivity contribution in [2.75, 3.05) is 6.54 Å². The van der Waals surface area contributed by atoms with Crippen molar-refractivity contribution in [2.45, 2.75) is 44.6 Å². The first-order chi connectivity index (χ1) is 8.01. The van der Waals surface area contributed by atoms with E-state index in [1.807, 2.05) is 0 Å². The second-order valence-electron chi connectivity index (χ2n) is 4.99. The van der Waals surface area contributed by atoms with Gasteiger partial charge in [0.05, 0.1) is 16.2 Å². The molecule has 1 aliphatic rings. The van der Waals surface area contributed by atoms with Crippen LogP contribution < -0.4 is 11.1 Å². The van der Waals surface area contributed by atoms with E-state index < -0.39 is 5.54 Å². The van der Waals surface area contributed by atoms with Gasteiger partial charge in [0.1, 0.15) is 0 Å². The van der Waals surface area contributed by atoms with Crippen LogP contribution in [-0.4, -0.2) is 23.0 Å². The van der Waals surface area contributed by atoms with Crippen LogP contribution >= 0.6 is 11.3 Å². The van der Waals surface area contributed by atoms with Crippen LogP contribution in [0.3, 0.4) is 0 Å². The summed E-state index contributed by atoms with van der Waals surface area (Å²) >= 11 is 1.69. The number of rotatable bonds is 5. The van der Waals surface area contributed by atoms with E-state index in [2.05, 4.69) is 29.5 Å². The number of carbonyl (C=O) groups is 1. The number of carbonyl (C=O) groups excluding carboxylic acids is 1. The molecule has 5 heteroatoms. The molecule has 4 nitrogen and oxygen atoms in total. The summed E-state index contributed by atoms with van der Waals surface area (Å²) in [6.45, 7) is 4.89. The van der Waals surface area contributed by atoms with Gasteiger partial charge in [0.2, 0.25) is 5.91 Å². The maximum absolute atomic E-state index is 11.6. The summed E-state index contributed by atoms with van der Waals surface area (Å²) in [5.74, 6) is 0.457. The normalized spacial score (nSPS) is 17.2. The minimum absolute atomic E-state index is 0.0168. The number of hydrogen-bond donors (Lipinski definition) is 2. The van der Waals surface area contributed by atoms with E-state index >= 15 is 0 Å². The number of nitrogens with one attached hydrogen (secondary N) is 1. The fraction of sp³-hybridized carbons (Fsp3) is 0.667. The van der Waals surface area contributed by atoms with Gasteiger partial charge in [-0.25, -0.2) is 4.98 Å². The second-order valence-corrected chi connectivity index (χ2v) is 5.88. The molecule has 0 bridgehead atoms. The van der Waals surface area contributed by atoms with E-state index in [0.717, 1.165) is 30.0 Å². The molecule has 0 spiro atoms. The van der Waals surface area contributed by atoms with Crippen molar-refractivity contribution in [1.82, 2.24) is 10.3 Å². The Morgan fingerprint density at radius 1 is 1.65 bits per heavy atom. The van der Waals surface area contributed by atoms with Crippen molar-refractivity contribution in [3.05, 3.63) is 16.1 Å². The zero-order valence-corrected chi connectivity index (χ0v) is 11.1. The Morgan fingerprint density at radius 2 is 2.35 bits per heavy atom. The van der Waals surface area contributed by atoms with Crippen LogP contribution in [0.15, 0.2) is 5.38 Å². The van der Waals surface area contributed by atoms with Gasteiger partial charge in [-0.2, -0.15) is 0 Å². The molecule has 1 fully saturated rings. The highest BCUT2D eigenvalue weighted by Gasteiger charge is 2.45. The first-order valence-corrected chi connectivity index (χ1v) is 6.91. The van der Waals surface area contributed by atoms with Gasteiger partial charge in [-0.3, -0.25) is 4.79 Å². The smallest absolute Gasteiger partial charge is 0.240 e. The van der Waals surface area contributed by atoms with Gasteiger partial charge in [-0.05, 0) is 12.8 Å². The average molecular weight is 253 g/mol. The van der Waals surface area contributed by atoms with Crippen LogP contribution in [0.25, 0.3) is 0 Å². The van der Waals surface area contributed by atoms with Crippen LogP contribution in [-0.2, 0) is 11.2 Å². The molecule has 17 heavy (non-hydrogen) atoms. The van der Waals surface area contributed by atoms with Gasteiger partial charge in [0.15, 0.2) is 0 Å². The zero-order chi connectivity index (χ0) is 12.5. The molecule has 0 radical (unpaired) electrons. The monoisotopic (exact) mass is 253 g/mol. The van der Waals surface area contributed by atoms with Crippen LogP contribution in [0, 0.1) is 0 Å². The number of nitrogens with two attached hydrogens (primary N) is 1. The van der Waals surface area contributed by atoms with Crippen molar-refractivity contribution in [3.8, 4) is 0 Å². The van der Waals surface area contributed by atoms with E-state index in [4.69, 9.17) is 5.73 Å². The third kappa shape index (κ3) is 3.04. The predicted molar refractivity (Wildman–Crippen MR) is 69.1 cm³/mol. The molecule has 1 saturated carbocycles. The van der Waals surface area contributed by atoms with Gasteiger partial charge in [-0.1, -0.05) is 13.8 Å². The number of hydrogen-bond acceptors (Lipinski definition) is 4. The summed E-state index contributed by atoms with van der Waals surface area (Å²) in [5.41, 5.74) is 6.28. The highest BCUT2D eigenvalue weighted by molar-refractivity contribution is 7.09. The summed E-state index contributed by atoms with van der Waals surface area (Å²) < 4.78 is 0. The Morgan fingerprint density at radius 3 is 2.88 bits per heavy atom. The lowest BCUT2D eigenvalue weighted by Gasteiger charge is -2.08. The van der Waals surface area contributed by atoms with Crippen LogP contribution in [0.5, 0.6) is 0 Å². The summed E-state index contributed by atoms with van der Waals surface area (Å²) in [6, 6.07) is 0. The second kappa shape index (κ2) is 4.74. The summed E-state index contributed by atoms with van der Waals surface area (Å²) in [5, 5.41) is 6.10. The average Bonchev–Trinajstić information content (AvgIpc) is 2.86. The minimum atomic E-state index is -0.564. The molecule has 3 N–H and O–H groups in total. The number of aromatic nitrogens is 1. The van der Waals surface area contributed by atoms with E-state index in [9.17, 15) is 4.79 Å². The molecule has 1 heterocycles. The third-order valence-electron chi connectivity index (χ3n) is 2.97. The largest absolute Gasteiger partial charge is 0.354 e. The zero-order valence-electron chi connectivity index (χ0n) is 10.3. The Bertz CT molecular complexity index is 410. The van der Waals surface area contributed by atoms with Crippen molar-refractivity contribution < 1.29 is 4.79 Å². The van der Waals surface area contributed by atoms with Gasteiger partial charge in [0, 0.05) is 24.3 Å². The summed E-state index contributed by atoms with van der Waals surface area (Å²) in [4.78, 5) is 16.1. The van der Waals surface area contributed by atoms with Crippen LogP contribution in [0.4, 0.5) is 0 Å². The quantitative estimate of drug-likeness (QED) is 0.834. The van der Waals surface area contributed by atoms with E-state index in [0.29, 0.717) is 12.5 Å². The number of thiazole rings is 1. The maximum Gasteiger partial charge on any atom is 0.240 e. The van der Waals surface area contributed by atoms with Crippen molar-refractivity contribution >= 4 is 17.2 Å². The molecule has 0 aromatic carbocycles. The lowest BCUT2D eigenvalue weighted by atomic mass is 10.2. The van der Waals surface area contributed by atoms with Gasteiger partial charge in [-0.15, -0.1) is 11.3 Å². The summed E-state index contributed by atoms with van der Waals surface area (Å²) in [7, 11) is 0. The molecular formula is C12H19N3OS. The molecule has 1 aromatic heterocycles. The van der Waals surface area contributed by atoms with Crippen LogP contribution in [0.1, 0.15) is 43.3 Å². The van der Waals surface area contributed by atoms with E-state index in [1.54, 1.807) is 11.3 Å². The molecule has 0 saturated heterocycles. The highest BCUT2D eigenvalue weighted by atomic mass is 32.1. The molecule has 0 atom stereocenters. The molecule has 1 aliphatic carbocycles. The van der Waals surface area contributed by atoms with Crippen molar-refractivity contribution in [2.24, 2.45) is 5.73 Å². The Balaban J connectivity index is 1.76. The van der Waals surface area contributed by atoms with Crippen molar-refractivity contribution in [1.29, 1.82) is 0 Å². The molecule has 2 rings (SSSR count). The maximum atomic E-state index is 11.6. The van der Waals surface area contributed by atoms with Gasteiger partial charge >= 0.3 is 0 Å². The SMILES string of the molecule is CC(C)c1nc(CCNC(=O)C2(N)CC2)cs1. The molecule has 94 valence electrons. The van der Waals surface area contributed by atoms with Crippen molar-refractivity contribution in [3.63, 3.8) is 0 Å². The molecule has 1 aromatic rings. The van der Waals surface area contributed by atoms with E-state index in [-0.39, 0.29) is 5.91 Å². The van der Waals surface area contributed by atoms with Crippen LogP contribution in [0.2, 0.25) is 0 Å². The van der Waals surface area contributed by atoms with Gasteiger partial charge in [0.25, 0.3) is 0 Å². The standard InChI is InChI=1S/C12H19N3OS/c1-8(2)10-15-9(7-17-10)3-6-14-11(16)12(13)4-5-12/h7-8H,3-6,13H2,1-2H3,(H,14,16). The first-order valence-electron chi connectivity index (χ1n) is 6.03. The fourth-order valence-electron chi connectivity index (χ4n) is 1.54. The first kappa shape index (κ1) is 12.5. The number of amides is 1. The summed E-state index contributed by atoms with van der Waals surface area (Å²) in [6.07, 6.45) is 2.41. The Hall–Kier alpha value is -0.940. The topological polar surface area (TPSA) is 68.0 Å². The van der Waals surface area contributed by atoms with E-state index in [1.165, 1.54) is 0 Å². The fourth-order valence-corrected chi connectivity index (χ4v) is 2.41. The Labute approximate surface area is 106 Å². The molecule has 0 unspecified atom stereocenters. The minimum Gasteiger partial charge on any atom is -0.354 e. The predicted octanol–water partition coefficient (Wildman–Crippen LogP) is 1.42. The van der Waals surface area contributed by atoms with Gasteiger partial charge < -0.3 is 11.1 Å². The number of nitrogens with zero attached hydrogens (tertiary/aromatic N) is 1. The lowest BCUT2D eigenvalue weighted by Crippen LogP contribution is -2.43. The highest BCUT2D eigenvalue weighted by Crippen LogP contribution is 2.32. The lowest BCUT2D eigenvalue weighted by molar-refractivity contribution is -0.123. The molecular weight excluding hydrogens is 234 g/mol. The Kier molecular flexibility index (Phi) is 3.49. The molecule has 0 aliphatic heterocycles. The molecule has 1 amide bonds.